The van der Waals surface area contributed by atoms with Crippen molar-refractivity contribution in [2.45, 2.75) is 20.1 Å². The Labute approximate surface area is 105 Å². The van der Waals surface area contributed by atoms with Crippen LogP contribution in [0.2, 0.25) is 5.02 Å². The van der Waals surface area contributed by atoms with Crippen molar-refractivity contribution in [1.29, 1.82) is 0 Å². The van der Waals surface area contributed by atoms with Gasteiger partial charge in [0.05, 0.1) is 0 Å². The predicted octanol–water partition coefficient (Wildman–Crippen LogP) is 2.72. The van der Waals surface area contributed by atoms with Crippen LogP contribution < -0.4 is 10.5 Å². The Bertz CT molecular complexity index is 493. The third-order valence-electron chi connectivity index (χ3n) is 2.40. The molecule has 2 aromatic rings. The van der Waals surface area contributed by atoms with Crippen LogP contribution in [0.25, 0.3) is 0 Å². The second kappa shape index (κ2) is 5.10. The number of hydrogen-bond donors (Lipinski definition) is 1. The second-order valence-electron chi connectivity index (χ2n) is 3.61. The first-order chi connectivity index (χ1) is 8.19. The number of nitrogens with two attached hydrogens (primary N) is 1. The number of halogens is 1. The molecule has 0 saturated carbocycles. The second-order valence-corrected chi connectivity index (χ2v) is 4.05. The normalized spacial score (nSPS) is 10.5. The molecule has 0 bridgehead atoms. The molecule has 2 rings (SSSR count). The van der Waals surface area contributed by atoms with E-state index in [1.165, 1.54) is 0 Å². The SMILES string of the molecule is CCn1cc(N)nc1COc1ccc(Cl)cc1. The van der Waals surface area contributed by atoms with Crippen molar-refractivity contribution >= 4 is 17.4 Å². The topological polar surface area (TPSA) is 53.1 Å². The van der Waals surface area contributed by atoms with Crippen molar-refractivity contribution in [3.63, 3.8) is 0 Å². The van der Waals surface area contributed by atoms with Gasteiger partial charge < -0.3 is 15.0 Å². The highest BCUT2D eigenvalue weighted by atomic mass is 35.5. The summed E-state index contributed by atoms with van der Waals surface area (Å²) in [5.74, 6) is 2.10. The molecule has 1 aromatic carbocycles. The molecule has 0 fully saturated rings. The maximum atomic E-state index is 5.79. The summed E-state index contributed by atoms with van der Waals surface area (Å²) in [6, 6.07) is 7.23. The van der Waals surface area contributed by atoms with Crippen LogP contribution in [0.4, 0.5) is 5.82 Å². The molecule has 5 heteroatoms. The minimum Gasteiger partial charge on any atom is -0.486 e. The molecule has 0 aliphatic carbocycles. The van der Waals surface area contributed by atoms with Crippen LogP contribution in [0.1, 0.15) is 12.7 Å². The number of anilines is 1. The maximum Gasteiger partial charge on any atom is 0.149 e. The van der Waals surface area contributed by atoms with E-state index in [1.54, 1.807) is 18.3 Å². The Morgan fingerprint density at radius 1 is 1.35 bits per heavy atom. The Kier molecular flexibility index (Phi) is 3.54. The number of nitrogen functional groups attached to an aromatic ring is 1. The number of ether oxygens (including phenoxy) is 1. The van der Waals surface area contributed by atoms with E-state index in [1.807, 2.05) is 23.6 Å². The highest BCUT2D eigenvalue weighted by Crippen LogP contribution is 2.17. The van der Waals surface area contributed by atoms with Gasteiger partial charge in [-0.15, -0.1) is 0 Å². The molecule has 4 nitrogen and oxygen atoms in total. The lowest BCUT2D eigenvalue weighted by Gasteiger charge is -2.07. The van der Waals surface area contributed by atoms with Crippen LogP contribution in [0.5, 0.6) is 5.75 Å². The van der Waals surface area contributed by atoms with Crippen molar-refractivity contribution in [2.75, 3.05) is 5.73 Å². The average molecular weight is 252 g/mol. The predicted molar refractivity (Wildman–Crippen MR) is 68.1 cm³/mol. The molecule has 1 aromatic heterocycles. The lowest BCUT2D eigenvalue weighted by molar-refractivity contribution is 0.290. The summed E-state index contributed by atoms with van der Waals surface area (Å²) in [5.41, 5.74) is 5.64. The largest absolute Gasteiger partial charge is 0.486 e. The molecule has 1 heterocycles. The highest BCUT2D eigenvalue weighted by molar-refractivity contribution is 6.30. The van der Waals surface area contributed by atoms with Gasteiger partial charge in [-0.1, -0.05) is 11.6 Å². The molecule has 17 heavy (non-hydrogen) atoms. The molecule has 0 saturated heterocycles. The summed E-state index contributed by atoms with van der Waals surface area (Å²) >= 11 is 5.79. The average Bonchev–Trinajstić information content (AvgIpc) is 2.69. The molecule has 2 N–H and O–H groups in total. The highest BCUT2D eigenvalue weighted by Gasteiger charge is 2.05. The molecule has 0 radical (unpaired) electrons. The fourth-order valence-corrected chi connectivity index (χ4v) is 1.67. The fourth-order valence-electron chi connectivity index (χ4n) is 1.54. The molecule has 0 spiro atoms. The molecule has 0 amide bonds. The smallest absolute Gasteiger partial charge is 0.149 e. The van der Waals surface area contributed by atoms with Crippen LogP contribution >= 0.6 is 11.6 Å². The third kappa shape index (κ3) is 2.91. The number of nitrogens with zero attached hydrogens (tertiary/aromatic N) is 2. The Balaban J connectivity index is 2.04. The minimum absolute atomic E-state index is 0.396. The van der Waals surface area contributed by atoms with E-state index in [9.17, 15) is 0 Å². The Morgan fingerprint density at radius 2 is 2.06 bits per heavy atom. The number of rotatable bonds is 4. The van der Waals surface area contributed by atoms with Gasteiger partial charge in [0.25, 0.3) is 0 Å². The summed E-state index contributed by atoms with van der Waals surface area (Å²) in [7, 11) is 0. The molecule has 0 aliphatic heterocycles. The standard InChI is InChI=1S/C12H14ClN3O/c1-2-16-7-11(14)15-12(16)8-17-10-5-3-9(13)4-6-10/h3-7H,2,8,14H2,1H3. The monoisotopic (exact) mass is 251 g/mol. The van der Waals surface area contributed by atoms with E-state index < -0.39 is 0 Å². The van der Waals surface area contributed by atoms with E-state index in [-0.39, 0.29) is 0 Å². The summed E-state index contributed by atoms with van der Waals surface area (Å²) in [6.07, 6.45) is 1.81. The summed E-state index contributed by atoms with van der Waals surface area (Å²) in [6.45, 7) is 3.25. The first kappa shape index (κ1) is 11.8. The van der Waals surface area contributed by atoms with Crippen LogP contribution in [-0.2, 0) is 13.2 Å². The number of aryl methyl sites for hydroxylation is 1. The van der Waals surface area contributed by atoms with E-state index in [0.29, 0.717) is 17.4 Å². The first-order valence-electron chi connectivity index (χ1n) is 5.39. The zero-order valence-corrected chi connectivity index (χ0v) is 10.3. The minimum atomic E-state index is 0.396. The molecule has 90 valence electrons. The van der Waals surface area contributed by atoms with E-state index in [4.69, 9.17) is 22.1 Å². The van der Waals surface area contributed by atoms with Crippen molar-refractivity contribution < 1.29 is 4.74 Å². The van der Waals surface area contributed by atoms with E-state index in [0.717, 1.165) is 18.1 Å². The number of imidazole rings is 1. The van der Waals surface area contributed by atoms with Gasteiger partial charge in [-0.05, 0) is 31.2 Å². The number of hydrogen-bond acceptors (Lipinski definition) is 3. The lowest BCUT2D eigenvalue weighted by Crippen LogP contribution is -2.05. The molecular formula is C12H14ClN3O. The van der Waals surface area contributed by atoms with Crippen LogP contribution in [-0.4, -0.2) is 9.55 Å². The van der Waals surface area contributed by atoms with E-state index in [2.05, 4.69) is 4.98 Å². The maximum absolute atomic E-state index is 5.79. The zero-order chi connectivity index (χ0) is 12.3. The van der Waals surface area contributed by atoms with E-state index >= 15 is 0 Å². The van der Waals surface area contributed by atoms with Gasteiger partial charge in [0.2, 0.25) is 0 Å². The van der Waals surface area contributed by atoms with Crippen LogP contribution in [0.3, 0.4) is 0 Å². The van der Waals surface area contributed by atoms with Crippen molar-refractivity contribution in [1.82, 2.24) is 9.55 Å². The van der Waals surface area contributed by atoms with Crippen molar-refractivity contribution in [3.05, 3.63) is 41.3 Å². The summed E-state index contributed by atoms with van der Waals surface area (Å²) < 4.78 is 7.57. The Morgan fingerprint density at radius 3 is 2.71 bits per heavy atom. The molecule has 0 aliphatic rings. The lowest BCUT2D eigenvalue weighted by atomic mass is 10.3. The molecule has 0 unspecified atom stereocenters. The Hall–Kier alpha value is -1.68. The van der Waals surface area contributed by atoms with Crippen LogP contribution in [0, 0.1) is 0 Å². The van der Waals surface area contributed by atoms with Gasteiger partial charge in [0.1, 0.15) is 24.0 Å². The van der Waals surface area contributed by atoms with Gasteiger partial charge in [0.15, 0.2) is 0 Å². The van der Waals surface area contributed by atoms with Crippen LogP contribution in [0.15, 0.2) is 30.5 Å². The summed E-state index contributed by atoms with van der Waals surface area (Å²) in [5, 5.41) is 0.691. The zero-order valence-electron chi connectivity index (χ0n) is 9.56. The van der Waals surface area contributed by atoms with Gasteiger partial charge in [-0.2, -0.15) is 0 Å². The number of aromatic nitrogens is 2. The quantitative estimate of drug-likeness (QED) is 0.909. The first-order valence-corrected chi connectivity index (χ1v) is 5.76. The van der Waals surface area contributed by atoms with Crippen molar-refractivity contribution in [3.8, 4) is 5.75 Å². The third-order valence-corrected chi connectivity index (χ3v) is 2.65. The van der Waals surface area contributed by atoms with Gasteiger partial charge in [-0.25, -0.2) is 4.98 Å². The van der Waals surface area contributed by atoms with Gasteiger partial charge in [-0.3, -0.25) is 0 Å². The molecular weight excluding hydrogens is 238 g/mol. The molecule has 0 atom stereocenters. The summed E-state index contributed by atoms with van der Waals surface area (Å²) in [4.78, 5) is 4.20. The van der Waals surface area contributed by atoms with Crippen molar-refractivity contribution in [2.24, 2.45) is 0 Å². The fraction of sp³-hybridized carbons (Fsp3) is 0.250. The van der Waals surface area contributed by atoms with Gasteiger partial charge in [0, 0.05) is 17.8 Å². The number of benzene rings is 1. The van der Waals surface area contributed by atoms with Gasteiger partial charge >= 0.3 is 0 Å².